The van der Waals surface area contributed by atoms with Crippen LogP contribution in [-0.2, 0) is 9.63 Å². The van der Waals surface area contributed by atoms with Crippen LogP contribution in [-0.4, -0.2) is 57.1 Å². The summed E-state index contributed by atoms with van der Waals surface area (Å²) in [5.41, 5.74) is 0.488. The number of fused-ring (bicyclic) bond motifs is 1. The Labute approximate surface area is 137 Å². The molecule has 10 heteroatoms. The lowest BCUT2D eigenvalue weighted by Gasteiger charge is -2.20. The Kier molecular flexibility index (Phi) is 4.67. The Morgan fingerprint density at radius 3 is 2.25 bits per heavy atom. The standard InChI is InChI=1S/C14H16N4O6/c1-8(14(21)22)16(3)18(23)15-24-9(2)17-12(19)10-6-4-5-7-11(10)13(17)20/h4-9H,1-3H3,(H,21,22)/t8-,9?/m0/s1. The molecule has 0 spiro atoms. The molecule has 2 rings (SSSR count). The minimum Gasteiger partial charge on any atom is -0.569 e. The summed E-state index contributed by atoms with van der Waals surface area (Å²) in [6.07, 6.45) is -1.14. The van der Waals surface area contributed by atoms with Gasteiger partial charge in [-0.3, -0.25) is 9.59 Å². The Bertz CT molecular complexity index is 684. The van der Waals surface area contributed by atoms with Gasteiger partial charge in [-0.25, -0.2) is 9.69 Å². The number of hydrogen-bond acceptors (Lipinski definition) is 6. The largest absolute Gasteiger partial charge is 0.569 e. The molecule has 1 aliphatic rings. The third-order valence-electron chi connectivity index (χ3n) is 3.65. The number of amides is 2. The number of benzene rings is 1. The average molecular weight is 336 g/mol. The summed E-state index contributed by atoms with van der Waals surface area (Å²) in [6.45, 7) is 2.66. The van der Waals surface area contributed by atoms with Crippen molar-refractivity contribution in [3.8, 4) is 0 Å². The van der Waals surface area contributed by atoms with E-state index in [4.69, 9.17) is 9.94 Å². The van der Waals surface area contributed by atoms with Crippen LogP contribution in [0.25, 0.3) is 0 Å². The number of hydrazine groups is 1. The lowest BCUT2D eigenvalue weighted by atomic mass is 10.1. The second-order valence-electron chi connectivity index (χ2n) is 5.15. The van der Waals surface area contributed by atoms with Gasteiger partial charge in [-0.05, 0) is 26.0 Å². The van der Waals surface area contributed by atoms with Crippen molar-refractivity contribution in [2.45, 2.75) is 26.1 Å². The van der Waals surface area contributed by atoms with Gasteiger partial charge in [0.25, 0.3) is 11.8 Å². The first kappa shape index (κ1) is 17.2. The van der Waals surface area contributed by atoms with Crippen molar-refractivity contribution < 1.29 is 29.3 Å². The van der Waals surface area contributed by atoms with E-state index in [1.54, 1.807) is 12.1 Å². The molecule has 0 saturated heterocycles. The lowest BCUT2D eigenvalue weighted by Crippen LogP contribution is -2.42. The maximum atomic E-state index is 12.2. The zero-order chi connectivity index (χ0) is 18.0. The Morgan fingerprint density at radius 2 is 1.79 bits per heavy atom. The Morgan fingerprint density at radius 1 is 1.29 bits per heavy atom. The van der Waals surface area contributed by atoms with Crippen LogP contribution >= 0.6 is 0 Å². The van der Waals surface area contributed by atoms with E-state index in [9.17, 15) is 19.6 Å². The summed E-state index contributed by atoms with van der Waals surface area (Å²) in [6, 6.07) is 5.16. The smallest absolute Gasteiger partial charge is 0.331 e. The van der Waals surface area contributed by atoms with Gasteiger partial charge < -0.3 is 15.2 Å². The first-order valence-electron chi connectivity index (χ1n) is 7.02. The Balaban J connectivity index is 2.10. The van der Waals surface area contributed by atoms with Gasteiger partial charge >= 0.3 is 5.97 Å². The molecule has 1 aromatic rings. The molecule has 10 nitrogen and oxygen atoms in total. The van der Waals surface area contributed by atoms with Gasteiger partial charge in [0.2, 0.25) is 11.5 Å². The highest BCUT2D eigenvalue weighted by Crippen LogP contribution is 2.24. The summed E-state index contributed by atoms with van der Waals surface area (Å²) in [7, 11) is 1.21. The highest BCUT2D eigenvalue weighted by molar-refractivity contribution is 6.21. The SMILES string of the molecule is CC(ON=[N+]([O-])N(C)[C@@H](C)C(=O)O)N1C(=O)c2ccccc2C1=O. The first-order valence-corrected chi connectivity index (χ1v) is 7.02. The molecule has 1 heterocycles. The third-order valence-corrected chi connectivity index (χ3v) is 3.65. The molecule has 1 unspecified atom stereocenters. The summed E-state index contributed by atoms with van der Waals surface area (Å²) in [5.74, 6) is -2.33. The topological polar surface area (TPSA) is 126 Å². The summed E-state index contributed by atoms with van der Waals surface area (Å²) in [4.78, 5) is 40.9. The number of imide groups is 1. The van der Waals surface area contributed by atoms with Crippen molar-refractivity contribution in [1.29, 1.82) is 0 Å². The molecule has 1 aliphatic heterocycles. The number of rotatable bonds is 6. The number of carboxylic acid groups (broad SMARTS) is 1. The van der Waals surface area contributed by atoms with Crippen molar-refractivity contribution in [2.75, 3.05) is 7.05 Å². The summed E-state index contributed by atoms with van der Waals surface area (Å²) in [5, 5.41) is 24.5. The normalized spacial score (nSPS) is 16.6. The maximum absolute atomic E-state index is 12.2. The average Bonchev–Trinajstić information content (AvgIpc) is 2.82. The predicted octanol–water partition coefficient (Wildman–Crippen LogP) is 0.843. The van der Waals surface area contributed by atoms with Crippen molar-refractivity contribution in [1.82, 2.24) is 9.91 Å². The van der Waals surface area contributed by atoms with Crippen LogP contribution < -0.4 is 0 Å². The van der Waals surface area contributed by atoms with E-state index in [1.807, 2.05) is 0 Å². The first-order chi connectivity index (χ1) is 11.3. The van der Waals surface area contributed by atoms with Crippen LogP contribution in [0.2, 0.25) is 0 Å². The molecular formula is C14H16N4O6. The maximum Gasteiger partial charge on any atom is 0.331 e. The molecule has 2 amide bonds. The fourth-order valence-corrected chi connectivity index (χ4v) is 2.06. The number of carbonyl (C=O) groups is 3. The van der Waals surface area contributed by atoms with Crippen molar-refractivity contribution in [3.05, 3.63) is 40.6 Å². The van der Waals surface area contributed by atoms with Gasteiger partial charge in [-0.15, -0.1) is 5.01 Å². The minimum absolute atomic E-state index is 0.0621. The molecule has 0 fully saturated rings. The van der Waals surface area contributed by atoms with Crippen molar-refractivity contribution in [2.24, 2.45) is 5.28 Å². The molecule has 0 aromatic heterocycles. The van der Waals surface area contributed by atoms with E-state index in [1.165, 1.54) is 33.0 Å². The zero-order valence-corrected chi connectivity index (χ0v) is 13.2. The molecule has 0 aliphatic carbocycles. The van der Waals surface area contributed by atoms with Crippen LogP contribution in [0.1, 0.15) is 34.6 Å². The summed E-state index contributed by atoms with van der Waals surface area (Å²) >= 11 is 0. The van der Waals surface area contributed by atoms with Crippen molar-refractivity contribution in [3.63, 3.8) is 0 Å². The number of nitrogens with zero attached hydrogens (tertiary/aromatic N) is 4. The molecule has 0 radical (unpaired) electrons. The Hall–Kier alpha value is -3.17. The van der Waals surface area contributed by atoms with Gasteiger partial charge in [-0.1, -0.05) is 12.1 Å². The van der Waals surface area contributed by atoms with Crippen LogP contribution in [0.15, 0.2) is 29.5 Å². The van der Waals surface area contributed by atoms with E-state index < -0.39 is 30.1 Å². The number of carboxylic acids is 1. The fourth-order valence-electron chi connectivity index (χ4n) is 2.06. The molecular weight excluding hydrogens is 320 g/mol. The van der Waals surface area contributed by atoms with E-state index >= 15 is 0 Å². The van der Waals surface area contributed by atoms with Crippen LogP contribution in [0.5, 0.6) is 0 Å². The number of likely N-dealkylation sites (N-methyl/N-ethyl adjacent to an activating group) is 1. The fraction of sp³-hybridized carbons (Fsp3) is 0.357. The number of carbonyl (C=O) groups excluding carboxylic acids is 2. The molecule has 24 heavy (non-hydrogen) atoms. The van der Waals surface area contributed by atoms with Crippen molar-refractivity contribution >= 4 is 17.8 Å². The predicted molar refractivity (Wildman–Crippen MR) is 78.4 cm³/mol. The number of aliphatic carboxylic acids is 1. The van der Waals surface area contributed by atoms with Gasteiger partial charge in [0.1, 0.15) is 0 Å². The van der Waals surface area contributed by atoms with E-state index in [-0.39, 0.29) is 16.1 Å². The molecule has 1 aromatic carbocycles. The molecule has 2 atom stereocenters. The zero-order valence-electron chi connectivity index (χ0n) is 13.2. The molecule has 1 N–H and O–H groups in total. The van der Waals surface area contributed by atoms with Gasteiger partial charge in [0.15, 0.2) is 6.04 Å². The van der Waals surface area contributed by atoms with E-state index in [2.05, 4.69) is 5.28 Å². The second-order valence-corrected chi connectivity index (χ2v) is 5.15. The lowest BCUT2D eigenvalue weighted by molar-refractivity contribution is -0.711. The van der Waals surface area contributed by atoms with E-state index in [0.29, 0.717) is 0 Å². The quantitative estimate of drug-likeness (QED) is 0.353. The minimum atomic E-state index is -1.22. The highest BCUT2D eigenvalue weighted by atomic mass is 16.7. The third kappa shape index (κ3) is 2.98. The van der Waals surface area contributed by atoms with E-state index in [0.717, 1.165) is 9.91 Å². The summed E-state index contributed by atoms with van der Waals surface area (Å²) < 4.78 is 0. The van der Waals surface area contributed by atoms with Gasteiger partial charge in [0, 0.05) is 0 Å². The number of hydrogen-bond donors (Lipinski definition) is 1. The monoisotopic (exact) mass is 336 g/mol. The van der Waals surface area contributed by atoms with Gasteiger partial charge in [0.05, 0.1) is 23.1 Å². The second kappa shape index (κ2) is 6.52. The molecule has 0 saturated carbocycles. The highest BCUT2D eigenvalue weighted by Gasteiger charge is 2.39. The molecule has 0 bridgehead atoms. The van der Waals surface area contributed by atoms with Crippen LogP contribution in [0, 0.1) is 5.21 Å². The van der Waals surface area contributed by atoms with Crippen LogP contribution in [0.3, 0.4) is 0 Å². The van der Waals surface area contributed by atoms with Gasteiger partial charge in [-0.2, -0.15) is 0 Å². The molecule has 128 valence electrons. The van der Waals surface area contributed by atoms with Crippen LogP contribution in [0.4, 0.5) is 0 Å².